The molecule has 0 aliphatic heterocycles. The van der Waals surface area contributed by atoms with Gasteiger partial charge in [0.2, 0.25) is 10.0 Å². The molecule has 0 aromatic heterocycles. The minimum atomic E-state index is -3.67. The molecule has 1 saturated carbocycles. The fourth-order valence-electron chi connectivity index (χ4n) is 12.7. The van der Waals surface area contributed by atoms with E-state index in [0.717, 1.165) is 90.6 Å². The van der Waals surface area contributed by atoms with Crippen molar-refractivity contribution in [3.8, 4) is 0 Å². The minimum Gasteiger partial charge on any atom is -0.389 e. The first kappa shape index (κ1) is 112. The van der Waals surface area contributed by atoms with E-state index in [4.69, 9.17) is 69.7 Å². The summed E-state index contributed by atoms with van der Waals surface area (Å²) in [6, 6.07) is 72.6. The normalized spacial score (nSPS) is 13.0. The molecule has 0 bridgehead atoms. The Morgan fingerprint density at radius 3 is 1.30 bits per heavy atom. The maximum absolute atomic E-state index is 12.8. The standard InChI is InChI=1S/C21H19ClO2S2.C16H15NO4S2.C15H15ClO4S2.C15H15ClO3S2.C15H15ClO2S2.C13H15BrClNO4S2/c1-16-7-10-20(11-8-16)26(23,24)15-18-13-19(22)9-12-21(18)25-14-17-5-3-2-4-6-17;1-12-4-8-15(9-5-12)23(20,21)11-13-6-7-14(17-2)10-16(13)22(3,18)19;1-11-4-3-5-14(8-11)22(19,20)10-12-6-7-13(16)9-15(12)21(2,17)18;1-11-4-3-5-14(8-11)21(18,19)10-12-6-7-13(16)9-15(12)20(2)17;1-11-4-3-5-14(8-11)20(17,18)10-12-6-7-13(16)9-15(12)19-2;1-22(19,20)16-9-3-2-8(14)6-11(9)21-13(4-5-13)12(15)10(18)7-17/h2-13H,14-15H2,1H3;4-10H,11H2,1,3H3;3-9H,10H2,1-2H3;3-9H,10H2,1-2H3;3-9H,10H2,1-2H3;2-3,6,12,16-17H,4-5,7H2,1H3. The lowest BCUT2D eigenvalue weighted by Gasteiger charge is -2.21. The van der Waals surface area contributed by atoms with Crippen LogP contribution in [0.15, 0.2) is 319 Å². The van der Waals surface area contributed by atoms with Gasteiger partial charge in [-0.15, -0.1) is 46.9 Å². The van der Waals surface area contributed by atoms with Crippen LogP contribution in [-0.2, 0) is 129 Å². The van der Waals surface area contributed by atoms with Crippen LogP contribution in [0.4, 0.5) is 11.4 Å². The SMILES string of the molecule is CS(=O)(=O)Nc1ccc(Br)cc1SC1(C(Cl)C(=O)CO)CC1.CSc1cc(Cl)ccc1CS(=O)(=O)c1cccc(C)c1.Cc1ccc(S(=O)(=O)Cc2cc(Cl)ccc2SCc2ccccc2)cc1.Cc1cccc(S(=O)(=O)Cc2ccc(Cl)cc2S(C)(=O)=O)c1.Cc1cccc(S(=O)(=O)Cc2ccc(Cl)cc2S(C)=O)c1.[C-]#[N+]c1ccc(CS(=O)(=O)c2ccc(C)cc2)c(S(C)(=O)=O)c1. The summed E-state index contributed by atoms with van der Waals surface area (Å²) >= 11 is 37.8. The molecule has 0 amide bonds. The van der Waals surface area contributed by atoms with E-state index in [2.05, 4.69) is 37.6 Å². The second-order valence-electron chi connectivity index (χ2n) is 30.9. The summed E-state index contributed by atoms with van der Waals surface area (Å²) in [5, 5.41) is 10.0. The van der Waals surface area contributed by atoms with Crippen LogP contribution in [0.2, 0.25) is 20.1 Å². The first-order chi connectivity index (χ1) is 62.5. The van der Waals surface area contributed by atoms with Crippen molar-refractivity contribution in [1.82, 2.24) is 0 Å². The molecule has 12 aromatic carbocycles. The number of nitrogens with one attached hydrogen (secondary N) is 1. The lowest BCUT2D eigenvalue weighted by atomic mass is 10.2. The Bertz CT molecular complexity index is 7350. The third-order valence-corrected chi connectivity index (χ3v) is 37.7. The number of Topliss-reactive ketones (excluding diaryl/α,β-unsaturated/α-hetero) is 1. The van der Waals surface area contributed by atoms with Gasteiger partial charge in [0, 0.05) is 73.4 Å². The second kappa shape index (κ2) is 48.7. The van der Waals surface area contributed by atoms with E-state index in [9.17, 15) is 76.3 Å². The van der Waals surface area contributed by atoms with E-state index in [1.165, 1.54) is 89.9 Å². The van der Waals surface area contributed by atoms with Gasteiger partial charge in [0.1, 0.15) is 12.0 Å². The van der Waals surface area contributed by atoms with Crippen molar-refractivity contribution in [2.24, 2.45) is 0 Å². The minimum absolute atomic E-state index is 0.0101. The first-order valence-corrected chi connectivity index (χ1v) is 61.1. The Morgan fingerprint density at radius 2 is 0.858 bits per heavy atom. The molecule has 1 fully saturated rings. The number of ketones is 1. The second-order valence-corrected chi connectivity index (χ2v) is 54.4. The fourth-order valence-corrected chi connectivity index (χ4v) is 28.6. The Balaban J connectivity index is 0.000000198. The van der Waals surface area contributed by atoms with Gasteiger partial charge in [0.25, 0.3) is 0 Å². The zero-order valence-corrected chi connectivity index (χ0v) is 88.8. The topological polar surface area (TPSA) is 344 Å². The molecule has 21 nitrogen and oxygen atoms in total. The van der Waals surface area contributed by atoms with E-state index in [0.29, 0.717) is 45.9 Å². The highest BCUT2D eigenvalue weighted by Crippen LogP contribution is 2.57. The molecule has 1 aliphatic rings. The van der Waals surface area contributed by atoms with Crippen LogP contribution in [0.25, 0.3) is 4.85 Å². The zero-order chi connectivity index (χ0) is 99.3. The Kier molecular flexibility index (Phi) is 40.6. The molecule has 2 N–H and O–H groups in total. The molecule has 0 spiro atoms. The highest BCUT2D eigenvalue weighted by atomic mass is 79.9. The average Bonchev–Trinajstić information content (AvgIpc) is 1.60. The maximum Gasteiger partial charge on any atom is 0.229 e. The molecule has 1 aliphatic carbocycles. The van der Waals surface area contributed by atoms with Gasteiger partial charge in [-0.2, -0.15) is 0 Å². The van der Waals surface area contributed by atoms with Gasteiger partial charge in [-0.1, -0.05) is 195 Å². The monoisotopic (exact) mass is 2200 g/mol. The number of carbonyl (C=O) groups is 1. The maximum atomic E-state index is 12.8. The number of halogens is 6. The number of carbonyl (C=O) groups excluding carboxylic acids is 1. The number of sulfonamides is 1. The number of thioether (sulfide) groups is 3. The molecule has 0 heterocycles. The summed E-state index contributed by atoms with van der Waals surface area (Å²) in [5.74, 6) is -0.730. The molecule has 0 radical (unpaired) electrons. The van der Waals surface area contributed by atoms with Gasteiger partial charge in [0.15, 0.2) is 80.3 Å². The molecule has 712 valence electrons. The number of nitrogens with zero attached hydrogens (tertiary/aromatic N) is 1. The zero-order valence-electron chi connectivity index (χ0n) is 73.7. The molecule has 12 aromatic rings. The van der Waals surface area contributed by atoms with E-state index >= 15 is 0 Å². The Morgan fingerprint density at radius 1 is 0.448 bits per heavy atom. The van der Waals surface area contributed by atoms with Gasteiger partial charge in [0.05, 0.1) is 92.3 Å². The van der Waals surface area contributed by atoms with Gasteiger partial charge >= 0.3 is 0 Å². The predicted octanol–water partition coefficient (Wildman–Crippen LogP) is 22.2. The number of rotatable bonds is 29. The van der Waals surface area contributed by atoms with Crippen LogP contribution >= 0.6 is 109 Å². The number of sulfone groups is 7. The number of aliphatic hydroxyl groups excluding tert-OH is 1. The van der Waals surface area contributed by atoms with Gasteiger partial charge in [-0.3, -0.25) is 13.7 Å². The lowest BCUT2D eigenvalue weighted by Crippen LogP contribution is -2.30. The number of alkyl halides is 1. The number of aryl methyl sites for hydroxylation is 5. The third-order valence-electron chi connectivity index (χ3n) is 19.6. The van der Waals surface area contributed by atoms with Crippen molar-refractivity contribution < 1.29 is 81.5 Å². The number of benzene rings is 12. The third kappa shape index (κ3) is 34.1. The molecule has 39 heteroatoms. The fraction of sp³-hybridized carbons (Fsp3) is 0.221. The molecule has 0 saturated heterocycles. The van der Waals surface area contributed by atoms with Crippen molar-refractivity contribution in [2.45, 2.75) is 146 Å². The summed E-state index contributed by atoms with van der Waals surface area (Å²) in [4.78, 5) is 18.9. The summed E-state index contributed by atoms with van der Waals surface area (Å²) in [6.07, 6.45) is 8.00. The molecule has 13 rings (SSSR count). The van der Waals surface area contributed by atoms with Crippen LogP contribution < -0.4 is 4.72 Å². The van der Waals surface area contributed by atoms with Crippen molar-refractivity contribution in [1.29, 1.82) is 0 Å². The van der Waals surface area contributed by atoms with E-state index in [1.54, 1.807) is 164 Å². The summed E-state index contributed by atoms with van der Waals surface area (Å²) in [6.45, 7) is 15.7. The Labute approximate surface area is 835 Å². The first-order valence-electron chi connectivity index (χ1n) is 39.8. The highest BCUT2D eigenvalue weighted by Gasteiger charge is 2.53. The number of hydrogen-bond acceptors (Lipinski definition) is 22. The van der Waals surface area contributed by atoms with E-state index in [-0.39, 0.29) is 63.6 Å². The van der Waals surface area contributed by atoms with Gasteiger partial charge < -0.3 is 5.11 Å². The van der Waals surface area contributed by atoms with Crippen molar-refractivity contribution in [3.05, 3.63) is 358 Å². The Hall–Kier alpha value is -7.71. The van der Waals surface area contributed by atoms with Crippen molar-refractivity contribution >= 4 is 216 Å². The van der Waals surface area contributed by atoms with E-state index in [1.807, 2.05) is 82.5 Å². The van der Waals surface area contributed by atoms with Crippen LogP contribution in [0.1, 0.15) is 74.0 Å². The molecular weight excluding hydrogens is 2120 g/mol. The average molecular weight is 2210 g/mol. The largest absolute Gasteiger partial charge is 0.389 e. The summed E-state index contributed by atoms with van der Waals surface area (Å²) < 4.78 is 210. The highest BCUT2D eigenvalue weighted by molar-refractivity contribution is 9.10. The molecular formula is C95H94BrCl5N2O19S12. The predicted molar refractivity (Wildman–Crippen MR) is 547 cm³/mol. The van der Waals surface area contributed by atoms with E-state index < -0.39 is 124 Å². The number of hydrogen-bond donors (Lipinski definition) is 2. The quantitative estimate of drug-likeness (QED) is 0.0250. The summed E-state index contributed by atoms with van der Waals surface area (Å²) in [7, 11) is -29.5. The molecule has 2 unspecified atom stereocenters. The van der Waals surface area contributed by atoms with Gasteiger partial charge in [-0.05, 0) is 243 Å². The molecule has 134 heavy (non-hydrogen) atoms. The summed E-state index contributed by atoms with van der Waals surface area (Å²) in [5.41, 5.74) is 8.81. The van der Waals surface area contributed by atoms with Gasteiger partial charge in [-0.25, -0.2) is 72.2 Å². The molecule has 2 atom stereocenters. The van der Waals surface area contributed by atoms with Crippen LogP contribution in [0, 0.1) is 41.2 Å². The van der Waals surface area contributed by atoms with Crippen molar-refractivity contribution in [2.75, 3.05) is 42.6 Å². The smallest absolute Gasteiger partial charge is 0.229 e. The number of aliphatic hydroxyl groups is 1. The van der Waals surface area contributed by atoms with Crippen molar-refractivity contribution in [3.63, 3.8) is 0 Å². The van der Waals surface area contributed by atoms with Crippen LogP contribution in [0.5, 0.6) is 0 Å². The van der Waals surface area contributed by atoms with Crippen LogP contribution in [0.3, 0.4) is 0 Å². The van der Waals surface area contributed by atoms with Crippen LogP contribution in [-0.4, -0.2) is 130 Å². The number of anilines is 1. The lowest BCUT2D eigenvalue weighted by molar-refractivity contribution is -0.121.